The summed E-state index contributed by atoms with van der Waals surface area (Å²) in [6.45, 7) is 4.75. The Bertz CT molecular complexity index is 429. The monoisotopic (exact) mass is 298 g/mol. The minimum Gasteiger partial charge on any atom is -0.508 e. The number of phenolic OH excluding ortho intramolecular Hbond substituents is 1. The molecule has 1 aromatic carbocycles. The van der Waals surface area contributed by atoms with Crippen LogP contribution in [-0.2, 0) is 4.79 Å². The first-order chi connectivity index (χ1) is 8.08. The number of anilines is 1. The second-order valence-electron chi connectivity index (χ2n) is 4.13. The van der Waals surface area contributed by atoms with Crippen LogP contribution < -0.4 is 4.90 Å². The summed E-state index contributed by atoms with van der Waals surface area (Å²) in [6.07, 6.45) is 0. The van der Waals surface area contributed by atoms with Gasteiger partial charge in [-0.05, 0) is 34.1 Å². The van der Waals surface area contributed by atoms with Crippen LogP contribution in [0.2, 0.25) is 0 Å². The molecule has 1 N–H and O–H groups in total. The van der Waals surface area contributed by atoms with E-state index in [1.807, 2.05) is 11.0 Å². The highest BCUT2D eigenvalue weighted by Gasteiger charge is 2.20. The molecule has 0 bridgehead atoms. The molecule has 5 heteroatoms. The number of halogens is 1. The van der Waals surface area contributed by atoms with Crippen molar-refractivity contribution >= 4 is 27.5 Å². The molecule has 0 radical (unpaired) electrons. The average Bonchev–Trinajstić information content (AvgIpc) is 2.29. The van der Waals surface area contributed by atoms with E-state index < -0.39 is 0 Å². The van der Waals surface area contributed by atoms with Gasteiger partial charge in [0.25, 0.3) is 0 Å². The Balaban J connectivity index is 2.08. The molecule has 1 saturated heterocycles. The van der Waals surface area contributed by atoms with E-state index >= 15 is 0 Å². The van der Waals surface area contributed by atoms with Gasteiger partial charge in [-0.3, -0.25) is 4.79 Å². The molecule has 1 amide bonds. The second kappa shape index (κ2) is 4.96. The van der Waals surface area contributed by atoms with Gasteiger partial charge in [0.2, 0.25) is 5.91 Å². The number of benzene rings is 1. The normalized spacial score (nSPS) is 16.1. The van der Waals surface area contributed by atoms with Crippen LogP contribution in [-0.4, -0.2) is 42.1 Å². The summed E-state index contributed by atoms with van der Waals surface area (Å²) < 4.78 is 0.883. The number of hydrogen-bond donors (Lipinski definition) is 1. The summed E-state index contributed by atoms with van der Waals surface area (Å²) in [5.74, 6) is 0.386. The molecule has 2 rings (SSSR count). The van der Waals surface area contributed by atoms with Crippen molar-refractivity contribution in [1.82, 2.24) is 4.90 Å². The maximum absolute atomic E-state index is 11.2. The quantitative estimate of drug-likeness (QED) is 0.860. The van der Waals surface area contributed by atoms with E-state index in [1.54, 1.807) is 19.1 Å². The highest BCUT2D eigenvalue weighted by Crippen LogP contribution is 2.30. The van der Waals surface area contributed by atoms with Gasteiger partial charge < -0.3 is 14.9 Å². The fraction of sp³-hybridized carbons (Fsp3) is 0.417. The van der Waals surface area contributed by atoms with Crippen molar-refractivity contribution in [3.63, 3.8) is 0 Å². The first-order valence-corrected chi connectivity index (χ1v) is 6.36. The topological polar surface area (TPSA) is 43.8 Å². The first kappa shape index (κ1) is 12.2. The molecule has 1 aromatic rings. The molecule has 0 aliphatic carbocycles. The maximum atomic E-state index is 11.2. The summed E-state index contributed by atoms with van der Waals surface area (Å²) >= 11 is 3.44. The predicted molar refractivity (Wildman–Crippen MR) is 70.3 cm³/mol. The molecule has 1 fully saturated rings. The van der Waals surface area contributed by atoms with Gasteiger partial charge in [-0.1, -0.05) is 0 Å². The number of aromatic hydroxyl groups is 1. The van der Waals surface area contributed by atoms with Crippen LogP contribution in [0.1, 0.15) is 6.92 Å². The summed E-state index contributed by atoms with van der Waals surface area (Å²) in [5.41, 5.74) is 1.06. The number of nitrogens with zero attached hydrogens (tertiary/aromatic N) is 2. The van der Waals surface area contributed by atoms with E-state index in [1.165, 1.54) is 0 Å². The molecule has 0 spiro atoms. The van der Waals surface area contributed by atoms with Crippen LogP contribution in [0.5, 0.6) is 5.75 Å². The number of rotatable bonds is 1. The van der Waals surface area contributed by atoms with Gasteiger partial charge in [0.1, 0.15) is 5.75 Å². The van der Waals surface area contributed by atoms with E-state index in [-0.39, 0.29) is 11.7 Å². The molecule has 1 aliphatic heterocycles. The lowest BCUT2D eigenvalue weighted by Crippen LogP contribution is -2.48. The SMILES string of the molecule is CC(=O)N1CCN(c2ccc(O)cc2Br)CC1. The summed E-state index contributed by atoms with van der Waals surface area (Å²) in [4.78, 5) is 15.3. The molecule has 0 aromatic heterocycles. The third-order valence-corrected chi connectivity index (χ3v) is 3.63. The minimum absolute atomic E-state index is 0.134. The number of amides is 1. The van der Waals surface area contributed by atoms with Crippen LogP contribution in [0, 0.1) is 0 Å². The fourth-order valence-corrected chi connectivity index (χ4v) is 2.63. The van der Waals surface area contributed by atoms with Crippen molar-refractivity contribution < 1.29 is 9.90 Å². The van der Waals surface area contributed by atoms with E-state index in [4.69, 9.17) is 0 Å². The fourth-order valence-electron chi connectivity index (χ4n) is 2.01. The van der Waals surface area contributed by atoms with Crippen LogP contribution in [0.4, 0.5) is 5.69 Å². The van der Waals surface area contributed by atoms with Crippen molar-refractivity contribution in [1.29, 1.82) is 0 Å². The zero-order chi connectivity index (χ0) is 12.4. The van der Waals surface area contributed by atoms with Crippen LogP contribution in [0.15, 0.2) is 22.7 Å². The highest BCUT2D eigenvalue weighted by atomic mass is 79.9. The van der Waals surface area contributed by atoms with Gasteiger partial charge in [0.05, 0.1) is 5.69 Å². The van der Waals surface area contributed by atoms with Gasteiger partial charge >= 0.3 is 0 Å². The van der Waals surface area contributed by atoms with Crippen molar-refractivity contribution in [2.45, 2.75) is 6.92 Å². The first-order valence-electron chi connectivity index (χ1n) is 5.57. The van der Waals surface area contributed by atoms with Crippen molar-refractivity contribution in [2.75, 3.05) is 31.1 Å². The van der Waals surface area contributed by atoms with Crippen LogP contribution in [0.25, 0.3) is 0 Å². The third-order valence-electron chi connectivity index (χ3n) is 3.00. The smallest absolute Gasteiger partial charge is 0.219 e. The summed E-state index contributed by atoms with van der Waals surface area (Å²) in [5, 5.41) is 9.35. The molecule has 1 aliphatic rings. The molecular weight excluding hydrogens is 284 g/mol. The molecule has 4 nitrogen and oxygen atoms in total. The number of carbonyl (C=O) groups excluding carboxylic acids is 1. The molecule has 0 unspecified atom stereocenters. The van der Waals surface area contributed by atoms with Crippen molar-refractivity contribution in [3.8, 4) is 5.75 Å². The van der Waals surface area contributed by atoms with Crippen molar-refractivity contribution in [3.05, 3.63) is 22.7 Å². The van der Waals surface area contributed by atoms with E-state index in [2.05, 4.69) is 20.8 Å². The lowest BCUT2D eigenvalue weighted by Gasteiger charge is -2.36. The Morgan fingerprint density at radius 2 is 1.94 bits per heavy atom. The van der Waals surface area contributed by atoms with Crippen molar-refractivity contribution in [2.24, 2.45) is 0 Å². The zero-order valence-electron chi connectivity index (χ0n) is 9.69. The predicted octanol–water partition coefficient (Wildman–Crippen LogP) is 1.82. The minimum atomic E-state index is 0.134. The largest absolute Gasteiger partial charge is 0.508 e. The average molecular weight is 299 g/mol. The number of carbonyl (C=O) groups is 1. The summed E-state index contributed by atoms with van der Waals surface area (Å²) in [7, 11) is 0. The number of phenols is 1. The van der Waals surface area contributed by atoms with E-state index in [0.29, 0.717) is 0 Å². The Morgan fingerprint density at radius 1 is 1.29 bits per heavy atom. The van der Waals surface area contributed by atoms with Crippen LogP contribution >= 0.6 is 15.9 Å². The standard InChI is InChI=1S/C12H15BrN2O2/c1-9(16)14-4-6-15(7-5-14)12-3-2-10(17)8-11(12)13/h2-3,8,17H,4-7H2,1H3. The molecule has 92 valence electrons. The lowest BCUT2D eigenvalue weighted by atomic mass is 10.2. The molecule has 0 saturated carbocycles. The van der Waals surface area contributed by atoms with E-state index in [9.17, 15) is 9.90 Å². The Labute approximate surface area is 109 Å². The molecule has 17 heavy (non-hydrogen) atoms. The third kappa shape index (κ3) is 2.72. The number of piperazine rings is 1. The van der Waals surface area contributed by atoms with Gasteiger partial charge in [0, 0.05) is 37.6 Å². The van der Waals surface area contributed by atoms with Gasteiger partial charge in [-0.15, -0.1) is 0 Å². The molecule has 1 heterocycles. The van der Waals surface area contributed by atoms with Crippen LogP contribution in [0.3, 0.4) is 0 Å². The Hall–Kier alpha value is -1.23. The van der Waals surface area contributed by atoms with Gasteiger partial charge in [0.15, 0.2) is 0 Å². The zero-order valence-corrected chi connectivity index (χ0v) is 11.3. The Kier molecular flexibility index (Phi) is 3.57. The van der Waals surface area contributed by atoms with Gasteiger partial charge in [-0.25, -0.2) is 0 Å². The highest BCUT2D eigenvalue weighted by molar-refractivity contribution is 9.10. The molecule has 0 atom stereocenters. The summed E-state index contributed by atoms with van der Waals surface area (Å²) in [6, 6.07) is 5.26. The molecular formula is C12H15BrN2O2. The van der Waals surface area contributed by atoms with Gasteiger partial charge in [-0.2, -0.15) is 0 Å². The number of hydrogen-bond acceptors (Lipinski definition) is 3. The van der Waals surface area contributed by atoms with E-state index in [0.717, 1.165) is 36.3 Å². The lowest BCUT2D eigenvalue weighted by molar-refractivity contribution is -0.129. The maximum Gasteiger partial charge on any atom is 0.219 e. The Morgan fingerprint density at radius 3 is 2.47 bits per heavy atom. The second-order valence-corrected chi connectivity index (χ2v) is 4.98.